The highest BCUT2D eigenvalue weighted by molar-refractivity contribution is 9.10. The van der Waals surface area contributed by atoms with E-state index in [0.29, 0.717) is 22.3 Å². The van der Waals surface area contributed by atoms with Crippen molar-refractivity contribution in [2.75, 3.05) is 12.4 Å². The Morgan fingerprint density at radius 1 is 1.12 bits per heavy atom. The summed E-state index contributed by atoms with van der Waals surface area (Å²) < 4.78 is 5.86. The number of carbonyl (C=O) groups is 2. The SMILES string of the molecule is COc1ccc(Br)c(C(=O)NCc2ccc(NC(=O)C(C)C)cc2)c1. The lowest BCUT2D eigenvalue weighted by Gasteiger charge is -2.10. The largest absolute Gasteiger partial charge is 0.497 e. The van der Waals surface area contributed by atoms with Gasteiger partial charge in [-0.15, -0.1) is 0 Å². The molecule has 0 fully saturated rings. The molecule has 0 radical (unpaired) electrons. The molecule has 2 rings (SSSR count). The van der Waals surface area contributed by atoms with Gasteiger partial charge in [-0.1, -0.05) is 26.0 Å². The first kappa shape index (κ1) is 19.0. The van der Waals surface area contributed by atoms with Crippen LogP contribution >= 0.6 is 15.9 Å². The van der Waals surface area contributed by atoms with E-state index in [0.717, 1.165) is 11.3 Å². The maximum absolute atomic E-state index is 12.3. The van der Waals surface area contributed by atoms with Crippen molar-refractivity contribution in [2.45, 2.75) is 20.4 Å². The standard InChI is InChI=1S/C19H21BrN2O3/c1-12(2)18(23)22-14-6-4-13(5-7-14)11-21-19(24)16-10-15(25-3)8-9-17(16)20/h4-10,12H,11H2,1-3H3,(H,21,24)(H,22,23). The summed E-state index contributed by atoms with van der Waals surface area (Å²) in [6.07, 6.45) is 0. The zero-order valence-electron chi connectivity index (χ0n) is 14.4. The predicted octanol–water partition coefficient (Wildman–Crippen LogP) is 3.98. The van der Waals surface area contributed by atoms with Crippen LogP contribution in [0.3, 0.4) is 0 Å². The zero-order valence-corrected chi connectivity index (χ0v) is 16.0. The maximum Gasteiger partial charge on any atom is 0.252 e. The van der Waals surface area contributed by atoms with Crippen molar-refractivity contribution in [1.29, 1.82) is 0 Å². The number of benzene rings is 2. The Morgan fingerprint density at radius 2 is 1.80 bits per heavy atom. The van der Waals surface area contributed by atoms with Crippen LogP contribution in [0.5, 0.6) is 5.75 Å². The van der Waals surface area contributed by atoms with Crippen LogP contribution in [0.15, 0.2) is 46.9 Å². The molecule has 2 amide bonds. The smallest absolute Gasteiger partial charge is 0.252 e. The quantitative estimate of drug-likeness (QED) is 0.764. The second-order valence-corrected chi connectivity index (χ2v) is 6.72. The molecule has 0 unspecified atom stereocenters. The maximum atomic E-state index is 12.3. The van der Waals surface area contributed by atoms with Gasteiger partial charge in [0.25, 0.3) is 5.91 Å². The summed E-state index contributed by atoms with van der Waals surface area (Å²) in [4.78, 5) is 24.0. The molecule has 0 spiro atoms. The molecule has 0 aliphatic rings. The van der Waals surface area contributed by atoms with E-state index in [1.807, 2.05) is 38.1 Å². The first-order valence-electron chi connectivity index (χ1n) is 7.92. The van der Waals surface area contributed by atoms with Crippen molar-refractivity contribution in [1.82, 2.24) is 5.32 Å². The number of methoxy groups -OCH3 is 1. The summed E-state index contributed by atoms with van der Waals surface area (Å²) in [5, 5.41) is 5.71. The van der Waals surface area contributed by atoms with Gasteiger partial charge < -0.3 is 15.4 Å². The van der Waals surface area contributed by atoms with E-state index in [2.05, 4.69) is 26.6 Å². The van der Waals surface area contributed by atoms with Crippen molar-refractivity contribution in [3.8, 4) is 5.75 Å². The van der Waals surface area contributed by atoms with Gasteiger partial charge in [-0.05, 0) is 51.8 Å². The number of hydrogen-bond donors (Lipinski definition) is 2. The number of amides is 2. The third kappa shape index (κ3) is 5.32. The van der Waals surface area contributed by atoms with Crippen molar-refractivity contribution >= 4 is 33.4 Å². The fourth-order valence-corrected chi connectivity index (χ4v) is 2.50. The molecule has 6 heteroatoms. The minimum Gasteiger partial charge on any atom is -0.497 e. The van der Waals surface area contributed by atoms with E-state index in [4.69, 9.17) is 4.74 Å². The molecule has 0 aromatic heterocycles. The monoisotopic (exact) mass is 404 g/mol. The Bertz CT molecular complexity index is 758. The van der Waals surface area contributed by atoms with E-state index in [9.17, 15) is 9.59 Å². The molecule has 0 aliphatic heterocycles. The number of rotatable bonds is 6. The van der Waals surface area contributed by atoms with Gasteiger partial charge >= 0.3 is 0 Å². The molecule has 0 aliphatic carbocycles. The summed E-state index contributed by atoms with van der Waals surface area (Å²) in [5.74, 6) is 0.339. The van der Waals surface area contributed by atoms with Crippen molar-refractivity contribution < 1.29 is 14.3 Å². The van der Waals surface area contributed by atoms with Gasteiger partial charge in [0.2, 0.25) is 5.91 Å². The fourth-order valence-electron chi connectivity index (χ4n) is 2.08. The Labute approximate surface area is 155 Å². The van der Waals surface area contributed by atoms with Crippen LogP contribution in [0.4, 0.5) is 5.69 Å². The van der Waals surface area contributed by atoms with Crippen LogP contribution < -0.4 is 15.4 Å². The molecule has 2 aromatic rings. The molecule has 2 N–H and O–H groups in total. The molecular weight excluding hydrogens is 384 g/mol. The lowest BCUT2D eigenvalue weighted by Crippen LogP contribution is -2.23. The third-order valence-electron chi connectivity index (χ3n) is 3.62. The lowest BCUT2D eigenvalue weighted by molar-refractivity contribution is -0.118. The second kappa shape index (κ2) is 8.67. The molecule has 132 valence electrons. The Morgan fingerprint density at radius 3 is 2.40 bits per heavy atom. The highest BCUT2D eigenvalue weighted by atomic mass is 79.9. The third-order valence-corrected chi connectivity index (χ3v) is 4.31. The van der Waals surface area contributed by atoms with Crippen LogP contribution in [0.1, 0.15) is 29.8 Å². The molecule has 0 saturated carbocycles. The van der Waals surface area contributed by atoms with E-state index >= 15 is 0 Å². The number of hydrogen-bond acceptors (Lipinski definition) is 3. The number of halogens is 1. The molecule has 0 bridgehead atoms. The van der Waals surface area contributed by atoms with Crippen molar-refractivity contribution in [3.63, 3.8) is 0 Å². The van der Waals surface area contributed by atoms with E-state index < -0.39 is 0 Å². The number of anilines is 1. The normalized spacial score (nSPS) is 10.4. The van der Waals surface area contributed by atoms with E-state index in [-0.39, 0.29) is 17.7 Å². The van der Waals surface area contributed by atoms with E-state index in [1.165, 1.54) is 0 Å². The van der Waals surface area contributed by atoms with Crippen LogP contribution in [-0.2, 0) is 11.3 Å². The summed E-state index contributed by atoms with van der Waals surface area (Å²) in [7, 11) is 1.56. The van der Waals surface area contributed by atoms with Gasteiger partial charge in [0.15, 0.2) is 0 Å². The van der Waals surface area contributed by atoms with Gasteiger partial charge in [0.05, 0.1) is 12.7 Å². The molecule has 0 saturated heterocycles. The lowest BCUT2D eigenvalue weighted by atomic mass is 10.1. The summed E-state index contributed by atoms with van der Waals surface area (Å²) in [5.41, 5.74) is 2.19. The van der Waals surface area contributed by atoms with Crippen molar-refractivity contribution in [3.05, 3.63) is 58.1 Å². The Balaban J connectivity index is 1.97. The van der Waals surface area contributed by atoms with Gasteiger partial charge in [0, 0.05) is 22.6 Å². The summed E-state index contributed by atoms with van der Waals surface area (Å²) in [6.45, 7) is 4.08. The zero-order chi connectivity index (χ0) is 18.4. The highest BCUT2D eigenvalue weighted by Gasteiger charge is 2.11. The van der Waals surface area contributed by atoms with Crippen LogP contribution in [0.2, 0.25) is 0 Å². The van der Waals surface area contributed by atoms with Gasteiger partial charge in [-0.3, -0.25) is 9.59 Å². The molecular formula is C19H21BrN2O3. The Kier molecular flexibility index (Phi) is 6.58. The highest BCUT2D eigenvalue weighted by Crippen LogP contribution is 2.22. The number of ether oxygens (including phenoxy) is 1. The molecule has 5 nitrogen and oxygen atoms in total. The second-order valence-electron chi connectivity index (χ2n) is 5.87. The Hall–Kier alpha value is -2.34. The molecule has 2 aromatic carbocycles. The van der Waals surface area contributed by atoms with Gasteiger partial charge in [-0.2, -0.15) is 0 Å². The molecule has 0 heterocycles. The average Bonchev–Trinajstić information content (AvgIpc) is 2.61. The van der Waals surface area contributed by atoms with Crippen molar-refractivity contribution in [2.24, 2.45) is 5.92 Å². The van der Waals surface area contributed by atoms with Crippen LogP contribution in [0, 0.1) is 5.92 Å². The van der Waals surface area contributed by atoms with E-state index in [1.54, 1.807) is 25.3 Å². The molecule has 25 heavy (non-hydrogen) atoms. The number of carbonyl (C=O) groups excluding carboxylic acids is 2. The van der Waals surface area contributed by atoms with Gasteiger partial charge in [-0.25, -0.2) is 0 Å². The fraction of sp³-hybridized carbons (Fsp3) is 0.263. The minimum absolute atomic E-state index is 0.0241. The minimum atomic E-state index is -0.192. The van der Waals surface area contributed by atoms with Crippen LogP contribution in [0.25, 0.3) is 0 Å². The van der Waals surface area contributed by atoms with Gasteiger partial charge in [0.1, 0.15) is 5.75 Å². The number of nitrogens with one attached hydrogen (secondary N) is 2. The first-order chi connectivity index (χ1) is 11.9. The molecule has 0 atom stereocenters. The van der Waals surface area contributed by atoms with Crippen LogP contribution in [-0.4, -0.2) is 18.9 Å². The summed E-state index contributed by atoms with van der Waals surface area (Å²) >= 11 is 3.37. The average molecular weight is 405 g/mol. The topological polar surface area (TPSA) is 67.4 Å². The predicted molar refractivity (Wildman–Crippen MR) is 102 cm³/mol. The first-order valence-corrected chi connectivity index (χ1v) is 8.71. The summed E-state index contributed by atoms with van der Waals surface area (Å²) in [6, 6.07) is 12.6.